The minimum Gasteiger partial charge on any atom is -0.389 e. The summed E-state index contributed by atoms with van der Waals surface area (Å²) in [4.78, 5) is 10.9. The molecule has 2 N–H and O–H groups in total. The quantitative estimate of drug-likeness (QED) is 0.908. The van der Waals surface area contributed by atoms with Gasteiger partial charge >= 0.3 is 0 Å². The number of nitrogens with zero attached hydrogens (tertiary/aromatic N) is 3. The zero-order valence-corrected chi connectivity index (χ0v) is 13.1. The van der Waals surface area contributed by atoms with Crippen molar-refractivity contribution in [1.82, 2.24) is 9.97 Å². The van der Waals surface area contributed by atoms with E-state index in [2.05, 4.69) is 39.2 Å². The number of fused-ring (bicyclic) bond motifs is 1. The lowest BCUT2D eigenvalue weighted by atomic mass is 9.96. The van der Waals surface area contributed by atoms with E-state index in [1.807, 2.05) is 12.1 Å². The van der Waals surface area contributed by atoms with E-state index in [4.69, 9.17) is 0 Å². The molecule has 0 spiro atoms. The summed E-state index contributed by atoms with van der Waals surface area (Å²) in [6.07, 6.45) is 2.17. The van der Waals surface area contributed by atoms with Crippen LogP contribution in [0.4, 0.5) is 11.6 Å². The Morgan fingerprint density at radius 2 is 2.14 bits per heavy atom. The van der Waals surface area contributed by atoms with E-state index in [9.17, 15) is 5.11 Å². The fraction of sp³-hybridized carbons (Fsp3) is 0.412. The number of nitrogens with one attached hydrogen (secondary N) is 1. The lowest BCUT2D eigenvalue weighted by molar-refractivity contribution is 0.199. The number of aliphatic hydroxyl groups excluding tert-OH is 1. The molecule has 2 aromatic rings. The van der Waals surface area contributed by atoms with E-state index in [0.717, 1.165) is 43.3 Å². The van der Waals surface area contributed by atoms with Crippen molar-refractivity contribution in [3.05, 3.63) is 47.3 Å². The fourth-order valence-electron chi connectivity index (χ4n) is 2.83. The van der Waals surface area contributed by atoms with Crippen LogP contribution in [0.15, 0.2) is 30.6 Å². The van der Waals surface area contributed by atoms with Crippen molar-refractivity contribution in [2.75, 3.05) is 23.3 Å². The number of benzene rings is 1. The van der Waals surface area contributed by atoms with Gasteiger partial charge in [0.2, 0.25) is 0 Å². The van der Waals surface area contributed by atoms with Crippen molar-refractivity contribution >= 4 is 11.6 Å². The first-order chi connectivity index (χ1) is 10.7. The minimum atomic E-state index is -0.409. The molecule has 0 aliphatic carbocycles. The summed E-state index contributed by atoms with van der Waals surface area (Å²) in [6, 6.07) is 8.26. The SMILES string of the molecule is CCNc1cc(N2CCc3cc([C@@H](C)O)ccc3C2)ncn1. The normalized spacial score (nSPS) is 15.3. The average molecular weight is 298 g/mol. The second kappa shape index (κ2) is 6.32. The van der Waals surface area contributed by atoms with Crippen LogP contribution in [0.1, 0.15) is 36.6 Å². The van der Waals surface area contributed by atoms with Gasteiger partial charge in [0.15, 0.2) is 0 Å². The molecular weight excluding hydrogens is 276 g/mol. The predicted octanol–water partition coefficient (Wildman–Crippen LogP) is 2.52. The van der Waals surface area contributed by atoms with Crippen LogP contribution < -0.4 is 10.2 Å². The zero-order valence-electron chi connectivity index (χ0n) is 13.1. The summed E-state index contributed by atoms with van der Waals surface area (Å²) in [6.45, 7) is 6.48. The monoisotopic (exact) mass is 298 g/mol. The third-order valence-corrected chi connectivity index (χ3v) is 4.06. The number of hydrogen-bond acceptors (Lipinski definition) is 5. The molecule has 0 radical (unpaired) electrons. The number of aromatic nitrogens is 2. The zero-order chi connectivity index (χ0) is 15.5. The van der Waals surface area contributed by atoms with Gasteiger partial charge in [-0.3, -0.25) is 0 Å². The van der Waals surface area contributed by atoms with E-state index in [0.29, 0.717) is 0 Å². The Kier molecular flexibility index (Phi) is 4.24. The predicted molar refractivity (Wildman–Crippen MR) is 88.0 cm³/mol. The molecule has 22 heavy (non-hydrogen) atoms. The standard InChI is InChI=1S/C17H22N4O/c1-3-18-16-9-17(20-11-19-16)21-7-6-14-8-13(12(2)22)4-5-15(14)10-21/h4-5,8-9,11-12,22H,3,6-7,10H2,1-2H3,(H,18,19,20)/t12-/m1/s1. The summed E-state index contributed by atoms with van der Waals surface area (Å²) in [5.74, 6) is 1.82. The first-order valence-electron chi connectivity index (χ1n) is 7.78. The molecule has 0 unspecified atom stereocenters. The minimum absolute atomic E-state index is 0.409. The van der Waals surface area contributed by atoms with Crippen LogP contribution in [-0.2, 0) is 13.0 Å². The van der Waals surface area contributed by atoms with Gasteiger partial charge in [0.05, 0.1) is 6.10 Å². The number of rotatable bonds is 4. The highest BCUT2D eigenvalue weighted by molar-refractivity contribution is 5.51. The lowest BCUT2D eigenvalue weighted by Gasteiger charge is -2.30. The van der Waals surface area contributed by atoms with Crippen molar-refractivity contribution in [3.63, 3.8) is 0 Å². The topological polar surface area (TPSA) is 61.3 Å². The molecule has 2 heterocycles. The van der Waals surface area contributed by atoms with E-state index in [-0.39, 0.29) is 0 Å². The summed E-state index contributed by atoms with van der Waals surface area (Å²) < 4.78 is 0. The van der Waals surface area contributed by atoms with Crippen LogP contribution in [0.5, 0.6) is 0 Å². The van der Waals surface area contributed by atoms with Crippen molar-refractivity contribution in [3.8, 4) is 0 Å². The Morgan fingerprint density at radius 1 is 1.27 bits per heavy atom. The summed E-state index contributed by atoms with van der Waals surface area (Å²) in [5, 5.41) is 12.9. The molecule has 1 aromatic heterocycles. The Hall–Kier alpha value is -2.14. The number of hydrogen-bond donors (Lipinski definition) is 2. The van der Waals surface area contributed by atoms with Gasteiger partial charge in [-0.05, 0) is 37.0 Å². The highest BCUT2D eigenvalue weighted by atomic mass is 16.3. The molecule has 116 valence electrons. The second-order valence-electron chi connectivity index (χ2n) is 5.67. The molecule has 1 aromatic carbocycles. The summed E-state index contributed by atoms with van der Waals surface area (Å²) in [7, 11) is 0. The summed E-state index contributed by atoms with van der Waals surface area (Å²) in [5.41, 5.74) is 3.62. The van der Waals surface area contributed by atoms with Gasteiger partial charge in [0.1, 0.15) is 18.0 Å². The molecule has 1 aliphatic rings. The Balaban J connectivity index is 1.81. The van der Waals surface area contributed by atoms with Gasteiger partial charge < -0.3 is 15.3 Å². The van der Waals surface area contributed by atoms with E-state index >= 15 is 0 Å². The largest absolute Gasteiger partial charge is 0.389 e. The molecule has 1 atom stereocenters. The Labute approximate surface area is 131 Å². The maximum Gasteiger partial charge on any atom is 0.134 e. The van der Waals surface area contributed by atoms with E-state index in [1.54, 1.807) is 13.3 Å². The lowest BCUT2D eigenvalue weighted by Crippen LogP contribution is -2.31. The van der Waals surface area contributed by atoms with Crippen molar-refractivity contribution in [2.45, 2.75) is 32.9 Å². The molecule has 0 saturated carbocycles. The van der Waals surface area contributed by atoms with Crippen molar-refractivity contribution in [2.24, 2.45) is 0 Å². The smallest absolute Gasteiger partial charge is 0.134 e. The second-order valence-corrected chi connectivity index (χ2v) is 5.67. The average Bonchev–Trinajstić information content (AvgIpc) is 2.54. The first kappa shape index (κ1) is 14.8. The molecule has 0 bridgehead atoms. The third-order valence-electron chi connectivity index (χ3n) is 4.06. The first-order valence-corrected chi connectivity index (χ1v) is 7.78. The van der Waals surface area contributed by atoms with Gasteiger partial charge in [0.25, 0.3) is 0 Å². The maximum atomic E-state index is 9.70. The highest BCUT2D eigenvalue weighted by Crippen LogP contribution is 2.26. The van der Waals surface area contributed by atoms with Gasteiger partial charge in [0, 0.05) is 25.7 Å². The van der Waals surface area contributed by atoms with Crippen LogP contribution >= 0.6 is 0 Å². The molecule has 3 rings (SSSR count). The Morgan fingerprint density at radius 3 is 2.91 bits per heavy atom. The molecule has 0 saturated heterocycles. The van der Waals surface area contributed by atoms with E-state index in [1.165, 1.54) is 11.1 Å². The van der Waals surface area contributed by atoms with Crippen LogP contribution in [0.2, 0.25) is 0 Å². The number of anilines is 2. The molecule has 0 amide bonds. The molecule has 5 heteroatoms. The van der Waals surface area contributed by atoms with Crippen LogP contribution in [0, 0.1) is 0 Å². The fourth-order valence-corrected chi connectivity index (χ4v) is 2.83. The molecule has 0 fully saturated rings. The third kappa shape index (κ3) is 3.04. The summed E-state index contributed by atoms with van der Waals surface area (Å²) >= 11 is 0. The number of aliphatic hydroxyl groups is 1. The molecule has 5 nitrogen and oxygen atoms in total. The molecule has 1 aliphatic heterocycles. The van der Waals surface area contributed by atoms with Gasteiger partial charge in [-0.2, -0.15) is 0 Å². The van der Waals surface area contributed by atoms with Gasteiger partial charge in [-0.1, -0.05) is 18.2 Å². The highest BCUT2D eigenvalue weighted by Gasteiger charge is 2.18. The van der Waals surface area contributed by atoms with E-state index < -0.39 is 6.10 Å². The van der Waals surface area contributed by atoms with Crippen molar-refractivity contribution in [1.29, 1.82) is 0 Å². The van der Waals surface area contributed by atoms with Crippen LogP contribution in [-0.4, -0.2) is 28.2 Å². The van der Waals surface area contributed by atoms with Gasteiger partial charge in [-0.25, -0.2) is 9.97 Å². The van der Waals surface area contributed by atoms with Crippen LogP contribution in [0.25, 0.3) is 0 Å². The van der Waals surface area contributed by atoms with Crippen molar-refractivity contribution < 1.29 is 5.11 Å². The maximum absolute atomic E-state index is 9.70. The molecular formula is C17H22N4O. The van der Waals surface area contributed by atoms with Crippen LogP contribution in [0.3, 0.4) is 0 Å². The Bertz CT molecular complexity index is 657. The van der Waals surface area contributed by atoms with Gasteiger partial charge in [-0.15, -0.1) is 0 Å².